The summed E-state index contributed by atoms with van der Waals surface area (Å²) in [6.45, 7) is 1.27. The van der Waals surface area contributed by atoms with E-state index in [1.807, 2.05) is 17.5 Å². The third kappa shape index (κ3) is 4.48. The molecule has 1 aliphatic heterocycles. The van der Waals surface area contributed by atoms with Crippen molar-refractivity contribution in [3.63, 3.8) is 0 Å². The lowest BCUT2D eigenvalue weighted by atomic mass is 9.93. The topological polar surface area (TPSA) is 132 Å². The van der Waals surface area contributed by atoms with E-state index in [1.165, 1.54) is 29.8 Å². The highest BCUT2D eigenvalue weighted by atomic mass is 32.2. The molecule has 2 atom stereocenters. The van der Waals surface area contributed by atoms with Crippen LogP contribution in [0.25, 0.3) is 11.4 Å². The number of nitrogens with one attached hydrogen (secondary N) is 2. The Hall–Kier alpha value is -3.09. The van der Waals surface area contributed by atoms with Crippen LogP contribution in [-0.2, 0) is 25.0 Å². The number of carbonyl (C=O) groups is 2. The Morgan fingerprint density at radius 2 is 2.12 bits per heavy atom. The lowest BCUT2D eigenvalue weighted by Crippen LogP contribution is -2.32. The Balaban J connectivity index is 1.19. The third-order valence-electron chi connectivity index (χ3n) is 6.24. The first-order valence-corrected chi connectivity index (χ1v) is 13.5. The van der Waals surface area contributed by atoms with E-state index in [0.29, 0.717) is 16.7 Å². The number of rotatable bonds is 7. The summed E-state index contributed by atoms with van der Waals surface area (Å²) in [5, 5.41) is 7.38. The summed E-state index contributed by atoms with van der Waals surface area (Å²) in [7, 11) is -3.48. The van der Waals surface area contributed by atoms with Crippen LogP contribution < -0.4 is 10.6 Å². The van der Waals surface area contributed by atoms with E-state index in [2.05, 4.69) is 21.7 Å². The number of anilines is 1. The Morgan fingerprint density at radius 1 is 1.26 bits per heavy atom. The zero-order valence-electron chi connectivity index (χ0n) is 18.4. The van der Waals surface area contributed by atoms with E-state index < -0.39 is 21.8 Å². The molecule has 2 N–H and O–H groups in total. The van der Waals surface area contributed by atoms with Crippen LogP contribution in [0.15, 0.2) is 42.0 Å². The van der Waals surface area contributed by atoms with Gasteiger partial charge in [0.15, 0.2) is 5.13 Å². The molecular weight excluding hydrogens is 478 g/mol. The van der Waals surface area contributed by atoms with Crippen molar-refractivity contribution < 1.29 is 22.7 Å². The SMILES string of the molecule is CS(=O)(=O)n1ccc(C(=O)NCC(=O)Nc2nc(-c3cccc(C45CCOCC4C5)n3)cs2)c1. The van der Waals surface area contributed by atoms with Crippen molar-refractivity contribution in [2.45, 2.75) is 18.3 Å². The number of fused-ring (bicyclic) bond motifs is 1. The van der Waals surface area contributed by atoms with E-state index in [1.54, 1.807) is 0 Å². The molecule has 4 heterocycles. The number of thiazole rings is 1. The van der Waals surface area contributed by atoms with Crippen molar-refractivity contribution in [3.05, 3.63) is 53.3 Å². The zero-order chi connectivity index (χ0) is 23.9. The summed E-state index contributed by atoms with van der Waals surface area (Å²) in [4.78, 5) is 33.8. The maximum atomic E-state index is 12.3. The molecule has 2 fully saturated rings. The lowest BCUT2D eigenvalue weighted by Gasteiger charge is -2.22. The van der Waals surface area contributed by atoms with Crippen molar-refractivity contribution in [1.82, 2.24) is 19.3 Å². The fourth-order valence-electron chi connectivity index (χ4n) is 4.27. The second-order valence-electron chi connectivity index (χ2n) is 8.55. The predicted octanol–water partition coefficient (Wildman–Crippen LogP) is 1.86. The number of carbonyl (C=O) groups excluding carboxylic acids is 2. The van der Waals surface area contributed by atoms with Gasteiger partial charge in [-0.2, -0.15) is 0 Å². The molecule has 2 unspecified atom stereocenters. The molecule has 2 aliphatic rings. The molecule has 10 nitrogen and oxygen atoms in total. The molecular formula is C22H23N5O5S2. The van der Waals surface area contributed by atoms with Crippen molar-refractivity contribution in [3.8, 4) is 11.4 Å². The quantitative estimate of drug-likeness (QED) is 0.505. The van der Waals surface area contributed by atoms with Gasteiger partial charge in [0.25, 0.3) is 5.91 Å². The molecule has 12 heteroatoms. The minimum atomic E-state index is -3.48. The number of hydrogen-bond acceptors (Lipinski definition) is 8. The minimum absolute atomic E-state index is 0.127. The van der Waals surface area contributed by atoms with Gasteiger partial charge < -0.3 is 15.4 Å². The first-order chi connectivity index (χ1) is 16.2. The summed E-state index contributed by atoms with van der Waals surface area (Å²) in [6.07, 6.45) is 5.59. The molecule has 178 valence electrons. The van der Waals surface area contributed by atoms with Gasteiger partial charge in [-0.15, -0.1) is 11.3 Å². The highest BCUT2D eigenvalue weighted by Gasteiger charge is 2.57. The molecule has 34 heavy (non-hydrogen) atoms. The molecule has 0 bridgehead atoms. The van der Waals surface area contributed by atoms with E-state index >= 15 is 0 Å². The molecule has 0 aromatic carbocycles. The van der Waals surface area contributed by atoms with Gasteiger partial charge >= 0.3 is 0 Å². The average molecular weight is 502 g/mol. The minimum Gasteiger partial charge on any atom is -0.381 e. The van der Waals surface area contributed by atoms with Gasteiger partial charge in [0.1, 0.15) is 5.69 Å². The van der Waals surface area contributed by atoms with E-state index in [-0.39, 0.29) is 17.5 Å². The molecule has 5 rings (SSSR count). The normalized spacial score (nSPS) is 21.5. The molecule has 0 spiro atoms. The van der Waals surface area contributed by atoms with Crippen LogP contribution in [0.3, 0.4) is 0 Å². The lowest BCUT2D eigenvalue weighted by molar-refractivity contribution is -0.115. The van der Waals surface area contributed by atoms with Crippen LogP contribution in [0.5, 0.6) is 0 Å². The van der Waals surface area contributed by atoms with Gasteiger partial charge in [0.05, 0.1) is 30.7 Å². The Kier molecular flexibility index (Phi) is 5.74. The maximum Gasteiger partial charge on any atom is 0.253 e. The second kappa shape index (κ2) is 8.60. The summed E-state index contributed by atoms with van der Waals surface area (Å²) >= 11 is 1.27. The average Bonchev–Trinajstić information content (AvgIpc) is 3.11. The molecule has 1 saturated carbocycles. The van der Waals surface area contributed by atoms with Gasteiger partial charge in [-0.1, -0.05) is 6.07 Å². The number of amides is 2. The van der Waals surface area contributed by atoms with Crippen LogP contribution in [0.4, 0.5) is 5.13 Å². The van der Waals surface area contributed by atoms with Crippen molar-refractivity contribution in [2.24, 2.45) is 5.92 Å². The number of pyridine rings is 1. The van der Waals surface area contributed by atoms with Crippen molar-refractivity contribution in [2.75, 3.05) is 31.3 Å². The van der Waals surface area contributed by atoms with Crippen molar-refractivity contribution in [1.29, 1.82) is 0 Å². The first kappa shape index (κ1) is 22.7. The van der Waals surface area contributed by atoms with Crippen LogP contribution in [0.1, 0.15) is 28.9 Å². The Bertz CT molecular complexity index is 1370. The van der Waals surface area contributed by atoms with E-state index in [0.717, 1.165) is 47.7 Å². The molecule has 0 radical (unpaired) electrons. The molecule has 1 saturated heterocycles. The number of hydrogen-bond donors (Lipinski definition) is 2. The van der Waals surface area contributed by atoms with E-state index in [9.17, 15) is 18.0 Å². The third-order valence-corrected chi connectivity index (χ3v) is 7.99. The zero-order valence-corrected chi connectivity index (χ0v) is 20.0. The van der Waals surface area contributed by atoms with E-state index in [4.69, 9.17) is 9.72 Å². The standard InChI is InChI=1S/C22H23N5O5S2/c1-34(30,31)27-7-5-14(11-27)20(29)23-10-19(28)26-21-25-17(13-33-21)16-3-2-4-18(24-16)22-6-8-32-12-15(22)9-22/h2-5,7,11,13,15H,6,8-10,12H2,1H3,(H,23,29)(H,25,26,28). The Morgan fingerprint density at radius 3 is 2.88 bits per heavy atom. The monoisotopic (exact) mass is 501 g/mol. The number of nitrogens with zero attached hydrogens (tertiary/aromatic N) is 3. The number of ether oxygens (including phenoxy) is 1. The van der Waals surface area contributed by atoms with Gasteiger partial charge in [-0.05, 0) is 37.0 Å². The fraction of sp³-hybridized carbons (Fsp3) is 0.364. The van der Waals surface area contributed by atoms with Crippen LogP contribution in [0, 0.1) is 5.92 Å². The van der Waals surface area contributed by atoms with Gasteiger partial charge in [-0.25, -0.2) is 13.4 Å². The van der Waals surface area contributed by atoms with Gasteiger partial charge in [-0.3, -0.25) is 18.5 Å². The summed E-state index contributed by atoms with van der Waals surface area (Å²) < 4.78 is 29.5. The first-order valence-electron chi connectivity index (χ1n) is 10.7. The van der Waals surface area contributed by atoms with Crippen molar-refractivity contribution >= 4 is 38.3 Å². The Labute approximate surface area is 200 Å². The largest absolute Gasteiger partial charge is 0.381 e. The summed E-state index contributed by atoms with van der Waals surface area (Å²) in [6, 6.07) is 7.32. The smallest absolute Gasteiger partial charge is 0.253 e. The highest BCUT2D eigenvalue weighted by molar-refractivity contribution is 7.89. The van der Waals surface area contributed by atoms with Gasteiger partial charge in [0, 0.05) is 35.5 Å². The van der Waals surface area contributed by atoms with Crippen LogP contribution >= 0.6 is 11.3 Å². The van der Waals surface area contributed by atoms with Crippen LogP contribution in [0.2, 0.25) is 0 Å². The fourth-order valence-corrected chi connectivity index (χ4v) is 5.58. The predicted molar refractivity (Wildman–Crippen MR) is 126 cm³/mol. The molecule has 2 amide bonds. The van der Waals surface area contributed by atoms with Crippen LogP contribution in [-0.4, -0.2) is 60.2 Å². The highest BCUT2D eigenvalue weighted by Crippen LogP contribution is 2.58. The number of aromatic nitrogens is 3. The molecule has 1 aliphatic carbocycles. The molecule has 3 aromatic rings. The summed E-state index contributed by atoms with van der Waals surface area (Å²) in [5.41, 5.74) is 2.77. The summed E-state index contributed by atoms with van der Waals surface area (Å²) in [5.74, 6) is -0.459. The second-order valence-corrected chi connectivity index (χ2v) is 11.3. The molecule has 3 aromatic heterocycles. The van der Waals surface area contributed by atoms with Gasteiger partial charge in [0.2, 0.25) is 15.9 Å². The maximum absolute atomic E-state index is 12.3.